The highest BCUT2D eigenvalue weighted by Crippen LogP contribution is 2.31. The van der Waals surface area contributed by atoms with Crippen molar-refractivity contribution < 1.29 is 9.53 Å². The minimum Gasteiger partial charge on any atom is -0.381 e. The van der Waals surface area contributed by atoms with Crippen LogP contribution in [-0.4, -0.2) is 41.6 Å². The molecule has 0 bridgehead atoms. The third kappa shape index (κ3) is 3.07. The molecule has 1 aliphatic carbocycles. The summed E-state index contributed by atoms with van der Waals surface area (Å²) >= 11 is 0. The van der Waals surface area contributed by atoms with E-state index in [0.717, 1.165) is 55.8 Å². The van der Waals surface area contributed by atoms with E-state index in [-0.39, 0.29) is 5.91 Å². The molecule has 1 amide bonds. The average Bonchev–Trinajstić information content (AvgIpc) is 3.18. The quantitative estimate of drug-likeness (QED) is 0.916. The lowest BCUT2D eigenvalue weighted by Gasteiger charge is -2.25. The Labute approximate surface area is 143 Å². The first-order valence-corrected chi connectivity index (χ1v) is 9.07. The van der Waals surface area contributed by atoms with Gasteiger partial charge in [0.25, 0.3) is 0 Å². The fourth-order valence-corrected chi connectivity index (χ4v) is 3.82. The molecule has 2 heterocycles. The topological polar surface area (TPSA) is 45.3 Å². The monoisotopic (exact) mass is 326 g/mol. The number of nitrogens with one attached hydrogen (secondary N) is 1. The van der Waals surface area contributed by atoms with Crippen molar-refractivity contribution in [2.24, 2.45) is 5.92 Å². The van der Waals surface area contributed by atoms with Crippen molar-refractivity contribution in [3.05, 3.63) is 35.0 Å². The molecule has 1 saturated heterocycles. The molecule has 0 spiro atoms. The van der Waals surface area contributed by atoms with Gasteiger partial charge in [0, 0.05) is 41.7 Å². The molecule has 24 heavy (non-hydrogen) atoms. The van der Waals surface area contributed by atoms with E-state index in [2.05, 4.69) is 41.9 Å². The summed E-state index contributed by atoms with van der Waals surface area (Å²) in [4.78, 5) is 18.6. The van der Waals surface area contributed by atoms with Gasteiger partial charge in [-0.1, -0.05) is 11.6 Å². The summed E-state index contributed by atoms with van der Waals surface area (Å²) in [7, 11) is 0. The van der Waals surface area contributed by atoms with Crippen molar-refractivity contribution in [2.45, 2.75) is 45.6 Å². The second kappa shape index (κ2) is 6.25. The van der Waals surface area contributed by atoms with Gasteiger partial charge in [0.1, 0.15) is 0 Å². The zero-order valence-corrected chi connectivity index (χ0v) is 14.6. The van der Waals surface area contributed by atoms with Crippen LogP contribution in [0.4, 0.5) is 0 Å². The van der Waals surface area contributed by atoms with Crippen LogP contribution in [0.1, 0.15) is 36.1 Å². The summed E-state index contributed by atoms with van der Waals surface area (Å²) < 4.78 is 5.49. The first-order chi connectivity index (χ1) is 11.6. The zero-order valence-electron chi connectivity index (χ0n) is 14.6. The van der Waals surface area contributed by atoms with Gasteiger partial charge in [-0.25, -0.2) is 0 Å². The van der Waals surface area contributed by atoms with Crippen molar-refractivity contribution in [1.29, 1.82) is 0 Å². The molecule has 0 unspecified atom stereocenters. The number of nitrogens with zero attached hydrogens (tertiary/aromatic N) is 1. The number of carbonyl (C=O) groups is 1. The minimum absolute atomic E-state index is 0.273. The van der Waals surface area contributed by atoms with E-state index in [1.54, 1.807) is 0 Å². The smallest absolute Gasteiger partial charge is 0.227 e. The molecule has 4 nitrogen and oxygen atoms in total. The van der Waals surface area contributed by atoms with Crippen LogP contribution in [0.3, 0.4) is 0 Å². The van der Waals surface area contributed by atoms with Crippen LogP contribution in [-0.2, 0) is 16.0 Å². The van der Waals surface area contributed by atoms with E-state index in [4.69, 9.17) is 4.74 Å². The molecule has 1 N–H and O–H groups in total. The highest BCUT2D eigenvalue weighted by atomic mass is 16.5. The Balaban J connectivity index is 1.55. The number of ether oxygens (including phenoxy) is 1. The number of aromatic amines is 1. The van der Waals surface area contributed by atoms with Gasteiger partial charge in [0.05, 0.1) is 13.0 Å². The van der Waals surface area contributed by atoms with Crippen molar-refractivity contribution in [2.75, 3.05) is 19.8 Å². The Bertz CT molecular complexity index is 754. The molecule has 1 saturated carbocycles. The van der Waals surface area contributed by atoms with E-state index < -0.39 is 0 Å². The maximum atomic E-state index is 13.0. The van der Waals surface area contributed by atoms with Crippen molar-refractivity contribution >= 4 is 16.8 Å². The number of H-pyrrole nitrogens is 1. The summed E-state index contributed by atoms with van der Waals surface area (Å²) in [6.07, 6.45) is 3.90. The maximum absolute atomic E-state index is 13.0. The van der Waals surface area contributed by atoms with Crippen molar-refractivity contribution in [3.8, 4) is 0 Å². The van der Waals surface area contributed by atoms with E-state index in [0.29, 0.717) is 18.4 Å². The van der Waals surface area contributed by atoms with Crippen LogP contribution < -0.4 is 0 Å². The Morgan fingerprint density at radius 2 is 2.12 bits per heavy atom. The summed E-state index contributed by atoms with van der Waals surface area (Å²) in [6, 6.07) is 6.87. The van der Waals surface area contributed by atoms with Crippen LogP contribution in [0.25, 0.3) is 10.9 Å². The number of fused-ring (bicyclic) bond motifs is 1. The van der Waals surface area contributed by atoms with Gasteiger partial charge in [-0.2, -0.15) is 0 Å². The number of aryl methyl sites for hydroxylation is 2. The molecule has 1 aromatic heterocycles. The number of hydrogen-bond acceptors (Lipinski definition) is 2. The zero-order chi connectivity index (χ0) is 16.7. The summed E-state index contributed by atoms with van der Waals surface area (Å²) in [6.45, 7) is 6.69. The van der Waals surface area contributed by atoms with Gasteiger partial charge >= 0.3 is 0 Å². The van der Waals surface area contributed by atoms with Crippen LogP contribution in [0.2, 0.25) is 0 Å². The second-order valence-corrected chi connectivity index (χ2v) is 7.46. The molecular weight excluding hydrogens is 300 g/mol. The number of benzene rings is 1. The predicted octanol–water partition coefficient (Wildman–Crippen LogP) is 3.35. The van der Waals surface area contributed by atoms with Gasteiger partial charge in [-0.15, -0.1) is 0 Å². The fraction of sp³-hybridized carbons (Fsp3) is 0.550. The van der Waals surface area contributed by atoms with Gasteiger partial charge in [0.2, 0.25) is 5.91 Å². The molecule has 128 valence electrons. The Kier molecular flexibility index (Phi) is 4.09. The molecule has 1 aliphatic heterocycles. The lowest BCUT2D eigenvalue weighted by molar-refractivity contribution is -0.131. The lowest BCUT2D eigenvalue weighted by Crippen LogP contribution is -2.38. The molecule has 1 atom stereocenters. The lowest BCUT2D eigenvalue weighted by atomic mass is 10.0. The molecule has 0 radical (unpaired) electrons. The number of amides is 1. The molecule has 2 fully saturated rings. The van der Waals surface area contributed by atoms with Gasteiger partial charge in [-0.3, -0.25) is 4.79 Å². The largest absolute Gasteiger partial charge is 0.381 e. The Morgan fingerprint density at radius 1 is 1.29 bits per heavy atom. The highest BCUT2D eigenvalue weighted by molar-refractivity contribution is 5.90. The molecule has 4 rings (SSSR count). The number of hydrogen-bond donors (Lipinski definition) is 1. The Hall–Kier alpha value is -1.81. The number of rotatable bonds is 5. The van der Waals surface area contributed by atoms with Gasteiger partial charge in [0.15, 0.2) is 0 Å². The Morgan fingerprint density at radius 3 is 2.83 bits per heavy atom. The maximum Gasteiger partial charge on any atom is 0.227 e. The molecule has 2 aromatic rings. The van der Waals surface area contributed by atoms with Crippen LogP contribution in [0.15, 0.2) is 18.2 Å². The SMILES string of the molecule is Cc1ccc2[nH]c(C)c(CC(=O)N(C[C@H]3CCOC3)C3CC3)c2c1. The van der Waals surface area contributed by atoms with Gasteiger partial charge in [-0.05, 0) is 50.8 Å². The van der Waals surface area contributed by atoms with Crippen LogP contribution in [0, 0.1) is 19.8 Å². The van der Waals surface area contributed by atoms with Crippen LogP contribution in [0.5, 0.6) is 0 Å². The normalized spacial score (nSPS) is 20.7. The van der Waals surface area contributed by atoms with Crippen molar-refractivity contribution in [1.82, 2.24) is 9.88 Å². The van der Waals surface area contributed by atoms with Crippen molar-refractivity contribution in [3.63, 3.8) is 0 Å². The van der Waals surface area contributed by atoms with E-state index >= 15 is 0 Å². The van der Waals surface area contributed by atoms with E-state index in [1.807, 2.05) is 0 Å². The standard InChI is InChI=1S/C20H26N2O2/c1-13-3-6-19-18(9-13)17(14(2)21-19)10-20(23)22(16-4-5-16)11-15-7-8-24-12-15/h3,6,9,15-16,21H,4-5,7-8,10-12H2,1-2H3/t15-/m1/s1. The third-order valence-electron chi connectivity index (χ3n) is 5.39. The third-order valence-corrected chi connectivity index (χ3v) is 5.39. The summed E-state index contributed by atoms with van der Waals surface area (Å²) in [5, 5.41) is 1.20. The number of carbonyl (C=O) groups excluding carboxylic acids is 1. The first kappa shape index (κ1) is 15.7. The molecule has 1 aromatic carbocycles. The first-order valence-electron chi connectivity index (χ1n) is 9.07. The summed E-state index contributed by atoms with van der Waals surface area (Å²) in [5.41, 5.74) is 4.64. The highest BCUT2D eigenvalue weighted by Gasteiger charge is 2.35. The van der Waals surface area contributed by atoms with Gasteiger partial charge < -0.3 is 14.6 Å². The molecule has 4 heteroatoms. The van der Waals surface area contributed by atoms with E-state index in [9.17, 15) is 4.79 Å². The summed E-state index contributed by atoms with van der Waals surface area (Å²) in [5.74, 6) is 0.788. The molecule has 2 aliphatic rings. The minimum atomic E-state index is 0.273. The van der Waals surface area contributed by atoms with E-state index in [1.165, 1.54) is 10.9 Å². The fourth-order valence-electron chi connectivity index (χ4n) is 3.82. The number of aromatic nitrogens is 1. The average molecular weight is 326 g/mol. The molecular formula is C20H26N2O2. The predicted molar refractivity (Wildman–Crippen MR) is 95.1 cm³/mol. The van der Waals surface area contributed by atoms with Crippen LogP contribution >= 0.6 is 0 Å². The second-order valence-electron chi connectivity index (χ2n) is 7.46.